The van der Waals surface area contributed by atoms with Gasteiger partial charge in [-0.1, -0.05) is 34.5 Å². The first-order valence-corrected chi connectivity index (χ1v) is 7.13. The van der Waals surface area contributed by atoms with E-state index in [0.717, 1.165) is 9.80 Å². The highest BCUT2D eigenvalue weighted by molar-refractivity contribution is 9.10. The van der Waals surface area contributed by atoms with Crippen LogP contribution in [0.1, 0.15) is 17.3 Å². The summed E-state index contributed by atoms with van der Waals surface area (Å²) in [5, 5.41) is 4.27. The molecular formula is C11H12Br2ClNO. The van der Waals surface area contributed by atoms with Gasteiger partial charge in [-0.2, -0.15) is 0 Å². The zero-order chi connectivity index (χ0) is 12.1. The minimum Gasteiger partial charge on any atom is -0.352 e. The summed E-state index contributed by atoms with van der Waals surface area (Å²) in [7, 11) is 0. The van der Waals surface area contributed by atoms with Crippen molar-refractivity contribution in [3.05, 3.63) is 33.3 Å². The second-order valence-corrected chi connectivity index (χ2v) is 5.51. The standard InChI is InChI=1S/C11H12Br2ClNO/c1-7(5-12)6-15-11(16)8-2-3-9(13)10(14)4-8/h2-4,7H,5-6H2,1H3,(H,15,16). The van der Waals surface area contributed by atoms with Crippen molar-refractivity contribution in [2.24, 2.45) is 5.92 Å². The van der Waals surface area contributed by atoms with Crippen molar-refractivity contribution in [3.8, 4) is 0 Å². The van der Waals surface area contributed by atoms with E-state index in [4.69, 9.17) is 11.6 Å². The van der Waals surface area contributed by atoms with E-state index in [0.29, 0.717) is 23.0 Å². The zero-order valence-electron chi connectivity index (χ0n) is 8.77. The summed E-state index contributed by atoms with van der Waals surface area (Å²) in [6.07, 6.45) is 0. The number of hydrogen-bond acceptors (Lipinski definition) is 1. The smallest absolute Gasteiger partial charge is 0.251 e. The molecule has 1 aromatic carbocycles. The van der Waals surface area contributed by atoms with Gasteiger partial charge in [0.15, 0.2) is 0 Å². The Morgan fingerprint density at radius 1 is 1.56 bits per heavy atom. The molecule has 0 aliphatic heterocycles. The maximum atomic E-state index is 11.7. The summed E-state index contributed by atoms with van der Waals surface area (Å²) >= 11 is 12.6. The largest absolute Gasteiger partial charge is 0.352 e. The molecule has 0 saturated carbocycles. The van der Waals surface area contributed by atoms with Crippen LogP contribution in [0.2, 0.25) is 5.02 Å². The first-order chi connectivity index (χ1) is 7.54. The molecule has 1 N–H and O–H groups in total. The van der Waals surface area contributed by atoms with E-state index >= 15 is 0 Å². The van der Waals surface area contributed by atoms with Crippen LogP contribution in [-0.4, -0.2) is 17.8 Å². The van der Waals surface area contributed by atoms with Crippen LogP contribution < -0.4 is 5.32 Å². The van der Waals surface area contributed by atoms with Crippen molar-refractivity contribution in [1.29, 1.82) is 0 Å². The van der Waals surface area contributed by atoms with E-state index in [1.807, 2.05) is 0 Å². The molecule has 0 heterocycles. The second-order valence-electron chi connectivity index (χ2n) is 3.60. The first-order valence-electron chi connectivity index (χ1n) is 4.83. The number of rotatable bonds is 4. The second kappa shape index (κ2) is 6.62. The molecule has 88 valence electrons. The van der Waals surface area contributed by atoms with Crippen molar-refractivity contribution in [1.82, 2.24) is 5.32 Å². The number of halogens is 3. The van der Waals surface area contributed by atoms with Crippen molar-refractivity contribution in [3.63, 3.8) is 0 Å². The van der Waals surface area contributed by atoms with Crippen LogP contribution in [0.4, 0.5) is 0 Å². The lowest BCUT2D eigenvalue weighted by molar-refractivity contribution is 0.0949. The number of amides is 1. The van der Waals surface area contributed by atoms with Gasteiger partial charge < -0.3 is 5.32 Å². The molecule has 0 bridgehead atoms. The predicted molar refractivity (Wildman–Crippen MR) is 74.4 cm³/mol. The summed E-state index contributed by atoms with van der Waals surface area (Å²) in [5.41, 5.74) is 0.579. The van der Waals surface area contributed by atoms with Gasteiger partial charge in [0.1, 0.15) is 0 Å². The molecular weight excluding hydrogens is 357 g/mol. The van der Waals surface area contributed by atoms with Crippen LogP contribution in [0, 0.1) is 5.92 Å². The lowest BCUT2D eigenvalue weighted by Crippen LogP contribution is -2.28. The fraction of sp³-hybridized carbons (Fsp3) is 0.364. The van der Waals surface area contributed by atoms with Gasteiger partial charge in [-0.15, -0.1) is 0 Å². The maximum absolute atomic E-state index is 11.7. The normalized spacial score (nSPS) is 12.2. The van der Waals surface area contributed by atoms with Gasteiger partial charge >= 0.3 is 0 Å². The van der Waals surface area contributed by atoms with Crippen LogP contribution >= 0.6 is 43.5 Å². The molecule has 16 heavy (non-hydrogen) atoms. The third-order valence-corrected chi connectivity index (χ3v) is 4.39. The highest BCUT2D eigenvalue weighted by atomic mass is 79.9. The van der Waals surface area contributed by atoms with E-state index in [9.17, 15) is 4.79 Å². The molecule has 0 fully saturated rings. The third-order valence-electron chi connectivity index (χ3n) is 2.06. The molecule has 0 saturated heterocycles. The van der Waals surface area contributed by atoms with Gasteiger partial charge in [-0.05, 0) is 40.0 Å². The molecule has 0 spiro atoms. The Bertz CT molecular complexity index is 384. The average Bonchev–Trinajstić information content (AvgIpc) is 2.29. The number of carbonyl (C=O) groups excluding carboxylic acids is 1. The molecule has 0 aliphatic rings. The van der Waals surface area contributed by atoms with Gasteiger partial charge in [0.05, 0.1) is 5.02 Å². The van der Waals surface area contributed by atoms with Crippen LogP contribution in [0.5, 0.6) is 0 Å². The number of nitrogens with one attached hydrogen (secondary N) is 1. The highest BCUT2D eigenvalue weighted by Crippen LogP contribution is 2.23. The summed E-state index contributed by atoms with van der Waals surface area (Å²) in [5.74, 6) is 0.317. The predicted octanol–water partition coefficient (Wildman–Crippen LogP) is 3.86. The molecule has 1 amide bonds. The number of benzene rings is 1. The lowest BCUT2D eigenvalue weighted by Gasteiger charge is -2.09. The van der Waals surface area contributed by atoms with Crippen molar-refractivity contribution in [2.75, 3.05) is 11.9 Å². The summed E-state index contributed by atoms with van der Waals surface area (Å²) < 4.78 is 0.791. The number of alkyl halides is 1. The minimum atomic E-state index is -0.0952. The van der Waals surface area contributed by atoms with Crippen molar-refractivity contribution in [2.45, 2.75) is 6.92 Å². The molecule has 2 nitrogen and oxygen atoms in total. The Morgan fingerprint density at radius 3 is 2.81 bits per heavy atom. The van der Waals surface area contributed by atoms with E-state index in [-0.39, 0.29) is 5.91 Å². The molecule has 0 aromatic heterocycles. The lowest BCUT2D eigenvalue weighted by atomic mass is 10.2. The van der Waals surface area contributed by atoms with E-state index in [1.165, 1.54) is 0 Å². The van der Waals surface area contributed by atoms with Crippen LogP contribution in [-0.2, 0) is 0 Å². The van der Waals surface area contributed by atoms with E-state index < -0.39 is 0 Å². The van der Waals surface area contributed by atoms with Crippen LogP contribution in [0.15, 0.2) is 22.7 Å². The Balaban J connectivity index is 2.63. The summed E-state index contributed by atoms with van der Waals surface area (Å²) in [4.78, 5) is 11.7. The monoisotopic (exact) mass is 367 g/mol. The molecule has 0 aliphatic carbocycles. The van der Waals surface area contributed by atoms with E-state index in [1.54, 1.807) is 18.2 Å². The first kappa shape index (κ1) is 14.0. The van der Waals surface area contributed by atoms with Gasteiger partial charge in [-0.3, -0.25) is 4.79 Å². The quantitative estimate of drug-likeness (QED) is 0.802. The van der Waals surface area contributed by atoms with E-state index in [2.05, 4.69) is 44.1 Å². The molecule has 1 atom stereocenters. The van der Waals surface area contributed by atoms with Crippen molar-refractivity contribution >= 4 is 49.4 Å². The van der Waals surface area contributed by atoms with Gasteiger partial charge in [-0.25, -0.2) is 0 Å². The Labute approximate surface area is 117 Å². The van der Waals surface area contributed by atoms with Gasteiger partial charge in [0, 0.05) is 21.9 Å². The molecule has 5 heteroatoms. The highest BCUT2D eigenvalue weighted by Gasteiger charge is 2.08. The molecule has 1 rings (SSSR count). The SMILES string of the molecule is CC(CBr)CNC(=O)c1ccc(Br)c(Cl)c1. The Kier molecular flexibility index (Phi) is 5.79. The Hall–Kier alpha value is -0.0600. The van der Waals surface area contributed by atoms with Crippen molar-refractivity contribution < 1.29 is 4.79 Å². The molecule has 1 aromatic rings. The minimum absolute atomic E-state index is 0.0952. The fourth-order valence-corrected chi connectivity index (χ4v) is 1.72. The summed E-state index contributed by atoms with van der Waals surface area (Å²) in [6, 6.07) is 5.16. The maximum Gasteiger partial charge on any atom is 0.251 e. The topological polar surface area (TPSA) is 29.1 Å². The van der Waals surface area contributed by atoms with Gasteiger partial charge in [0.25, 0.3) is 5.91 Å². The Morgan fingerprint density at radius 2 is 2.25 bits per heavy atom. The van der Waals surface area contributed by atoms with Gasteiger partial charge in [0.2, 0.25) is 0 Å². The number of carbonyl (C=O) groups is 1. The number of hydrogen-bond donors (Lipinski definition) is 1. The zero-order valence-corrected chi connectivity index (χ0v) is 12.7. The van der Waals surface area contributed by atoms with Crippen LogP contribution in [0.25, 0.3) is 0 Å². The third kappa shape index (κ3) is 4.07. The molecule has 0 radical (unpaired) electrons. The molecule has 1 unspecified atom stereocenters. The van der Waals surface area contributed by atoms with Crippen LogP contribution in [0.3, 0.4) is 0 Å². The fourth-order valence-electron chi connectivity index (χ4n) is 1.06. The average molecular weight is 369 g/mol. The summed E-state index contributed by atoms with van der Waals surface area (Å²) in [6.45, 7) is 2.71.